The number of hydrogen-bond acceptors (Lipinski definition) is 2. The number of hydrogen-bond donors (Lipinski definition) is 0. The Bertz CT molecular complexity index is 581. The molecule has 0 saturated carbocycles. The topological polar surface area (TPSA) is 33.2 Å². The van der Waals surface area contributed by atoms with Gasteiger partial charge in [-0.05, 0) is 32.0 Å². The van der Waals surface area contributed by atoms with Gasteiger partial charge in [-0.15, -0.1) is 0 Å². The quantitative estimate of drug-likeness (QED) is 0.792. The van der Waals surface area contributed by atoms with E-state index in [1.807, 2.05) is 38.1 Å². The van der Waals surface area contributed by atoms with E-state index in [0.717, 1.165) is 17.3 Å². The third-order valence-corrected chi connectivity index (χ3v) is 2.88. The van der Waals surface area contributed by atoms with Gasteiger partial charge < -0.3 is 4.90 Å². The van der Waals surface area contributed by atoms with Gasteiger partial charge in [0.15, 0.2) is 0 Å². The molecule has 0 unspecified atom stereocenters. The molecule has 0 fully saturated rings. The second kappa shape index (κ2) is 5.61. The van der Waals surface area contributed by atoms with Crippen LogP contribution in [0.15, 0.2) is 42.6 Å². The number of halogens is 1. The van der Waals surface area contributed by atoms with Crippen molar-refractivity contribution in [2.75, 3.05) is 11.4 Å². The zero-order valence-electron chi connectivity index (χ0n) is 10.9. The van der Waals surface area contributed by atoms with E-state index in [-0.39, 0.29) is 5.91 Å². The minimum absolute atomic E-state index is 0.229. The van der Waals surface area contributed by atoms with Crippen molar-refractivity contribution in [2.45, 2.75) is 13.8 Å². The lowest BCUT2D eigenvalue weighted by molar-refractivity contribution is 0.0987. The molecule has 0 spiro atoms. The number of benzene rings is 1. The molecule has 1 amide bonds. The molecule has 0 bridgehead atoms. The van der Waals surface area contributed by atoms with Crippen molar-refractivity contribution in [3.8, 4) is 0 Å². The molecule has 98 valence electrons. The third-order valence-electron chi connectivity index (χ3n) is 2.88. The molecule has 19 heavy (non-hydrogen) atoms. The first-order chi connectivity index (χ1) is 9.11. The molecule has 2 aromatic rings. The molecule has 0 aliphatic rings. The van der Waals surface area contributed by atoms with Crippen LogP contribution in [-0.2, 0) is 0 Å². The van der Waals surface area contributed by atoms with Crippen LogP contribution in [0.2, 0.25) is 0 Å². The minimum atomic E-state index is -0.647. The average molecular weight is 258 g/mol. The van der Waals surface area contributed by atoms with E-state index in [4.69, 9.17) is 0 Å². The van der Waals surface area contributed by atoms with E-state index < -0.39 is 5.95 Å². The highest BCUT2D eigenvalue weighted by molar-refractivity contribution is 6.05. The molecule has 0 saturated heterocycles. The van der Waals surface area contributed by atoms with Gasteiger partial charge in [0.25, 0.3) is 5.91 Å². The Kier molecular flexibility index (Phi) is 3.90. The summed E-state index contributed by atoms with van der Waals surface area (Å²) >= 11 is 0. The fraction of sp³-hybridized carbons (Fsp3) is 0.200. The fourth-order valence-electron chi connectivity index (χ4n) is 1.86. The smallest absolute Gasteiger partial charge is 0.258 e. The van der Waals surface area contributed by atoms with E-state index in [0.29, 0.717) is 12.1 Å². The second-order valence-electron chi connectivity index (χ2n) is 4.25. The molecule has 1 aromatic carbocycles. The zero-order valence-corrected chi connectivity index (χ0v) is 10.9. The molecule has 4 heteroatoms. The summed E-state index contributed by atoms with van der Waals surface area (Å²) in [5.41, 5.74) is 2.23. The molecule has 2 rings (SSSR count). The Morgan fingerprint density at radius 3 is 2.53 bits per heavy atom. The number of amides is 1. The van der Waals surface area contributed by atoms with E-state index in [2.05, 4.69) is 4.98 Å². The van der Waals surface area contributed by atoms with Crippen LogP contribution in [0.4, 0.5) is 10.1 Å². The van der Waals surface area contributed by atoms with Crippen molar-refractivity contribution in [3.63, 3.8) is 0 Å². The minimum Gasteiger partial charge on any atom is -0.309 e. The van der Waals surface area contributed by atoms with Gasteiger partial charge >= 0.3 is 0 Å². The predicted molar refractivity (Wildman–Crippen MR) is 72.7 cm³/mol. The summed E-state index contributed by atoms with van der Waals surface area (Å²) in [7, 11) is 0. The molecule has 0 aliphatic heterocycles. The number of aromatic nitrogens is 1. The molecular formula is C15H15FN2O. The number of anilines is 1. The van der Waals surface area contributed by atoms with Gasteiger partial charge in [0.2, 0.25) is 5.95 Å². The van der Waals surface area contributed by atoms with Crippen molar-refractivity contribution in [1.29, 1.82) is 0 Å². The van der Waals surface area contributed by atoms with Crippen molar-refractivity contribution < 1.29 is 9.18 Å². The number of carbonyl (C=O) groups is 1. The van der Waals surface area contributed by atoms with Crippen LogP contribution in [-0.4, -0.2) is 17.4 Å². The molecule has 3 nitrogen and oxygen atoms in total. The lowest BCUT2D eigenvalue weighted by Crippen LogP contribution is -2.30. The van der Waals surface area contributed by atoms with Crippen LogP contribution in [0.25, 0.3) is 0 Å². The first-order valence-corrected chi connectivity index (χ1v) is 6.12. The third kappa shape index (κ3) is 2.96. The van der Waals surface area contributed by atoms with Crippen LogP contribution in [0.3, 0.4) is 0 Å². The number of aryl methyl sites for hydroxylation is 1. The van der Waals surface area contributed by atoms with Crippen molar-refractivity contribution in [2.24, 2.45) is 0 Å². The summed E-state index contributed by atoms with van der Waals surface area (Å²) in [6.45, 7) is 4.39. The Hall–Kier alpha value is -2.23. The van der Waals surface area contributed by atoms with Crippen LogP contribution in [0, 0.1) is 12.9 Å². The van der Waals surface area contributed by atoms with Gasteiger partial charge in [0.05, 0.1) is 0 Å². The van der Waals surface area contributed by atoms with Crippen molar-refractivity contribution in [1.82, 2.24) is 4.98 Å². The number of nitrogens with zero attached hydrogens (tertiary/aromatic N) is 2. The SMILES string of the molecule is CCN(C(=O)c1ccnc(F)c1)c1ccc(C)cc1. The maximum absolute atomic E-state index is 13.1. The summed E-state index contributed by atoms with van der Waals surface area (Å²) in [4.78, 5) is 17.4. The Labute approximate surface area is 111 Å². The van der Waals surface area contributed by atoms with Crippen molar-refractivity contribution in [3.05, 3.63) is 59.7 Å². The van der Waals surface area contributed by atoms with Gasteiger partial charge in [-0.25, -0.2) is 4.98 Å². The first-order valence-electron chi connectivity index (χ1n) is 6.12. The van der Waals surface area contributed by atoms with Crippen LogP contribution < -0.4 is 4.90 Å². The zero-order chi connectivity index (χ0) is 13.8. The monoisotopic (exact) mass is 258 g/mol. The highest BCUT2D eigenvalue weighted by Crippen LogP contribution is 2.17. The average Bonchev–Trinajstić information content (AvgIpc) is 2.41. The Balaban J connectivity index is 2.31. The lowest BCUT2D eigenvalue weighted by Gasteiger charge is -2.21. The summed E-state index contributed by atoms with van der Waals surface area (Å²) in [5, 5.41) is 0. The molecule has 0 radical (unpaired) electrons. The van der Waals surface area contributed by atoms with Crippen LogP contribution >= 0.6 is 0 Å². The number of pyridine rings is 1. The van der Waals surface area contributed by atoms with Gasteiger partial charge in [-0.2, -0.15) is 4.39 Å². The summed E-state index contributed by atoms with van der Waals surface area (Å²) in [5.74, 6) is -0.876. The molecular weight excluding hydrogens is 243 g/mol. The normalized spacial score (nSPS) is 10.3. The van der Waals surface area contributed by atoms with Gasteiger partial charge in [-0.1, -0.05) is 17.7 Å². The van der Waals surface area contributed by atoms with E-state index in [9.17, 15) is 9.18 Å². The number of carbonyl (C=O) groups excluding carboxylic acids is 1. The maximum atomic E-state index is 13.1. The molecule has 0 atom stereocenters. The predicted octanol–water partition coefficient (Wildman–Crippen LogP) is 3.20. The fourth-order valence-corrected chi connectivity index (χ4v) is 1.86. The molecule has 0 aliphatic carbocycles. The second-order valence-corrected chi connectivity index (χ2v) is 4.25. The van der Waals surface area contributed by atoms with E-state index in [1.165, 1.54) is 12.3 Å². The number of rotatable bonds is 3. The maximum Gasteiger partial charge on any atom is 0.258 e. The highest BCUT2D eigenvalue weighted by atomic mass is 19.1. The Morgan fingerprint density at radius 2 is 1.95 bits per heavy atom. The van der Waals surface area contributed by atoms with Crippen molar-refractivity contribution >= 4 is 11.6 Å². The standard InChI is InChI=1S/C15H15FN2O/c1-3-18(13-6-4-11(2)5-7-13)15(19)12-8-9-17-14(16)10-12/h4-10H,3H2,1-2H3. The van der Waals surface area contributed by atoms with E-state index in [1.54, 1.807) is 4.90 Å². The van der Waals surface area contributed by atoms with Crippen LogP contribution in [0.5, 0.6) is 0 Å². The van der Waals surface area contributed by atoms with Gasteiger partial charge in [-0.3, -0.25) is 4.79 Å². The molecule has 1 heterocycles. The lowest BCUT2D eigenvalue weighted by atomic mass is 10.2. The summed E-state index contributed by atoms with van der Waals surface area (Å²) in [6, 6.07) is 10.3. The largest absolute Gasteiger partial charge is 0.309 e. The van der Waals surface area contributed by atoms with Gasteiger partial charge in [0, 0.05) is 30.1 Å². The highest BCUT2D eigenvalue weighted by Gasteiger charge is 2.16. The first kappa shape index (κ1) is 13.2. The molecule has 0 N–H and O–H groups in total. The van der Waals surface area contributed by atoms with E-state index >= 15 is 0 Å². The van der Waals surface area contributed by atoms with Crippen LogP contribution in [0.1, 0.15) is 22.8 Å². The summed E-state index contributed by atoms with van der Waals surface area (Å²) < 4.78 is 13.1. The Morgan fingerprint density at radius 1 is 1.26 bits per heavy atom. The summed E-state index contributed by atoms with van der Waals surface area (Å²) in [6.07, 6.45) is 1.30. The van der Waals surface area contributed by atoms with Gasteiger partial charge in [0.1, 0.15) is 0 Å². The molecule has 1 aromatic heterocycles.